The molecule has 0 amide bonds. The molecule has 5 heteroatoms. The van der Waals surface area contributed by atoms with Gasteiger partial charge in [-0.05, 0) is 47.3 Å². The molecule has 90 valence electrons. The number of aryl methyl sites for hydroxylation is 1. The maximum atomic E-state index is 10.9. The van der Waals surface area contributed by atoms with Gasteiger partial charge in [-0.2, -0.15) is 0 Å². The van der Waals surface area contributed by atoms with Crippen LogP contribution in [0, 0.1) is 6.92 Å². The predicted octanol–water partition coefficient (Wildman–Crippen LogP) is 3.16. The van der Waals surface area contributed by atoms with Crippen molar-refractivity contribution in [2.45, 2.75) is 32.2 Å². The number of ether oxygens (including phenoxy) is 1. The van der Waals surface area contributed by atoms with Crippen LogP contribution in [0.15, 0.2) is 9.85 Å². The van der Waals surface area contributed by atoms with E-state index in [-0.39, 0.29) is 12.0 Å². The quantitative estimate of drug-likeness (QED) is 0.850. The normalized spacial score (nSPS) is 12.5. The molecule has 0 spiro atoms. The molecule has 0 radical (unpaired) electrons. The Kier molecular flexibility index (Phi) is 5.44. The number of rotatable bonds is 5. The van der Waals surface area contributed by atoms with Crippen LogP contribution in [0.5, 0.6) is 0 Å². The SMILES string of the molecule is COC(=O)CCCC(N)c1cc(C)c(Br)s1. The van der Waals surface area contributed by atoms with Crippen molar-refractivity contribution in [2.75, 3.05) is 7.11 Å². The Balaban J connectivity index is 2.40. The summed E-state index contributed by atoms with van der Waals surface area (Å²) in [6.45, 7) is 2.05. The molecule has 3 nitrogen and oxygen atoms in total. The minimum atomic E-state index is -0.171. The molecule has 0 aliphatic carbocycles. The van der Waals surface area contributed by atoms with Crippen molar-refractivity contribution in [1.82, 2.24) is 0 Å². The Morgan fingerprint density at radius 1 is 1.69 bits per heavy atom. The van der Waals surface area contributed by atoms with Gasteiger partial charge in [-0.1, -0.05) is 0 Å². The number of thiophene rings is 1. The monoisotopic (exact) mass is 305 g/mol. The van der Waals surface area contributed by atoms with Gasteiger partial charge >= 0.3 is 5.97 Å². The molecule has 1 aromatic heterocycles. The number of methoxy groups -OCH3 is 1. The van der Waals surface area contributed by atoms with Gasteiger partial charge in [-0.3, -0.25) is 4.79 Å². The Morgan fingerprint density at radius 2 is 2.38 bits per heavy atom. The van der Waals surface area contributed by atoms with Crippen molar-refractivity contribution in [2.24, 2.45) is 5.73 Å². The molecule has 0 aliphatic rings. The minimum Gasteiger partial charge on any atom is -0.469 e. The first-order valence-corrected chi connectivity index (χ1v) is 6.73. The summed E-state index contributed by atoms with van der Waals surface area (Å²) in [7, 11) is 1.40. The summed E-state index contributed by atoms with van der Waals surface area (Å²) in [5.41, 5.74) is 7.25. The number of carbonyl (C=O) groups is 1. The highest BCUT2D eigenvalue weighted by atomic mass is 79.9. The Hall–Kier alpha value is -0.390. The Morgan fingerprint density at radius 3 is 2.88 bits per heavy atom. The molecule has 1 atom stereocenters. The van der Waals surface area contributed by atoms with Gasteiger partial charge in [0.2, 0.25) is 0 Å². The Labute approximate surface area is 108 Å². The van der Waals surface area contributed by atoms with Gasteiger partial charge in [0.1, 0.15) is 0 Å². The molecule has 1 rings (SSSR count). The molecule has 1 unspecified atom stereocenters. The largest absolute Gasteiger partial charge is 0.469 e. The first-order chi connectivity index (χ1) is 7.54. The van der Waals surface area contributed by atoms with E-state index in [1.54, 1.807) is 11.3 Å². The van der Waals surface area contributed by atoms with Crippen LogP contribution in [0.3, 0.4) is 0 Å². The van der Waals surface area contributed by atoms with E-state index in [9.17, 15) is 4.79 Å². The first-order valence-electron chi connectivity index (χ1n) is 5.12. The Bertz CT molecular complexity index is 345. The number of esters is 1. The topological polar surface area (TPSA) is 52.3 Å². The van der Waals surface area contributed by atoms with E-state index in [4.69, 9.17) is 5.73 Å². The van der Waals surface area contributed by atoms with Gasteiger partial charge in [-0.15, -0.1) is 11.3 Å². The molecule has 0 aliphatic heterocycles. The van der Waals surface area contributed by atoms with Gasteiger partial charge in [0, 0.05) is 17.3 Å². The number of hydrogen-bond donors (Lipinski definition) is 1. The lowest BCUT2D eigenvalue weighted by Crippen LogP contribution is -2.09. The van der Waals surface area contributed by atoms with E-state index in [0.29, 0.717) is 6.42 Å². The zero-order valence-electron chi connectivity index (χ0n) is 9.46. The highest BCUT2D eigenvalue weighted by molar-refractivity contribution is 9.11. The maximum Gasteiger partial charge on any atom is 0.305 e. The second-order valence-corrected chi connectivity index (χ2v) is 6.08. The second kappa shape index (κ2) is 6.37. The van der Waals surface area contributed by atoms with Crippen LogP contribution in [0.4, 0.5) is 0 Å². The van der Waals surface area contributed by atoms with Crippen LogP contribution in [0.2, 0.25) is 0 Å². The fourth-order valence-electron chi connectivity index (χ4n) is 1.38. The number of carbonyl (C=O) groups excluding carboxylic acids is 1. The third kappa shape index (κ3) is 3.88. The van der Waals surface area contributed by atoms with Crippen LogP contribution in [0.1, 0.15) is 35.7 Å². The summed E-state index contributed by atoms with van der Waals surface area (Å²) in [6.07, 6.45) is 2.01. The minimum absolute atomic E-state index is 0.0136. The summed E-state index contributed by atoms with van der Waals surface area (Å²) in [5, 5.41) is 0. The highest BCUT2D eigenvalue weighted by Gasteiger charge is 2.11. The third-order valence-corrected chi connectivity index (χ3v) is 4.63. The molecule has 2 N–H and O–H groups in total. The van der Waals surface area contributed by atoms with E-state index in [0.717, 1.165) is 21.5 Å². The number of hydrogen-bond acceptors (Lipinski definition) is 4. The van der Waals surface area contributed by atoms with Crippen molar-refractivity contribution in [3.8, 4) is 0 Å². The molecule has 0 bridgehead atoms. The van der Waals surface area contributed by atoms with Gasteiger partial charge < -0.3 is 10.5 Å². The molecular formula is C11H16BrNO2S. The standard InChI is InChI=1S/C11H16BrNO2S/c1-7-6-9(16-11(7)12)8(13)4-3-5-10(14)15-2/h6,8H,3-5,13H2,1-2H3. The van der Waals surface area contributed by atoms with Gasteiger partial charge in [0.15, 0.2) is 0 Å². The zero-order valence-corrected chi connectivity index (χ0v) is 11.9. The first kappa shape index (κ1) is 13.7. The smallest absolute Gasteiger partial charge is 0.305 e. The lowest BCUT2D eigenvalue weighted by molar-refractivity contribution is -0.140. The number of nitrogens with two attached hydrogens (primary N) is 1. The van der Waals surface area contributed by atoms with Crippen molar-refractivity contribution in [3.05, 3.63) is 20.3 Å². The van der Waals surface area contributed by atoms with Crippen LogP contribution in [0.25, 0.3) is 0 Å². The van der Waals surface area contributed by atoms with E-state index >= 15 is 0 Å². The molecular weight excluding hydrogens is 290 g/mol. The predicted molar refractivity (Wildman–Crippen MR) is 69.6 cm³/mol. The van der Waals surface area contributed by atoms with Gasteiger partial charge in [0.05, 0.1) is 10.9 Å². The van der Waals surface area contributed by atoms with E-state index in [1.807, 2.05) is 6.92 Å². The van der Waals surface area contributed by atoms with Crippen LogP contribution >= 0.6 is 27.3 Å². The lowest BCUT2D eigenvalue weighted by Gasteiger charge is -2.08. The molecule has 0 saturated carbocycles. The average Bonchev–Trinajstić information content (AvgIpc) is 2.59. The molecule has 0 aromatic carbocycles. The van der Waals surface area contributed by atoms with Crippen molar-refractivity contribution in [3.63, 3.8) is 0 Å². The van der Waals surface area contributed by atoms with Crippen LogP contribution < -0.4 is 5.73 Å². The summed E-state index contributed by atoms with van der Waals surface area (Å²) in [6, 6.07) is 2.11. The van der Waals surface area contributed by atoms with Gasteiger partial charge in [0.25, 0.3) is 0 Å². The van der Waals surface area contributed by atoms with Crippen molar-refractivity contribution >= 4 is 33.2 Å². The van der Waals surface area contributed by atoms with Crippen LogP contribution in [-0.2, 0) is 9.53 Å². The second-order valence-electron chi connectivity index (χ2n) is 3.68. The van der Waals surface area contributed by atoms with E-state index < -0.39 is 0 Å². The van der Waals surface area contributed by atoms with Crippen molar-refractivity contribution in [1.29, 1.82) is 0 Å². The summed E-state index contributed by atoms with van der Waals surface area (Å²) in [4.78, 5) is 12.1. The van der Waals surface area contributed by atoms with Crippen molar-refractivity contribution < 1.29 is 9.53 Å². The average molecular weight is 306 g/mol. The lowest BCUT2D eigenvalue weighted by atomic mass is 10.1. The molecule has 0 fully saturated rings. The molecule has 16 heavy (non-hydrogen) atoms. The molecule has 1 heterocycles. The van der Waals surface area contributed by atoms with E-state index in [2.05, 4.69) is 26.7 Å². The molecule has 0 saturated heterocycles. The van der Waals surface area contributed by atoms with Gasteiger partial charge in [-0.25, -0.2) is 0 Å². The third-order valence-electron chi connectivity index (χ3n) is 2.37. The summed E-state index contributed by atoms with van der Waals surface area (Å²) in [5.74, 6) is -0.171. The summed E-state index contributed by atoms with van der Waals surface area (Å²) < 4.78 is 5.71. The zero-order chi connectivity index (χ0) is 12.1. The number of halogens is 1. The fourth-order valence-corrected chi connectivity index (χ4v) is 2.98. The maximum absolute atomic E-state index is 10.9. The highest BCUT2D eigenvalue weighted by Crippen LogP contribution is 2.32. The van der Waals surface area contributed by atoms with Crippen LogP contribution in [-0.4, -0.2) is 13.1 Å². The fraction of sp³-hybridized carbons (Fsp3) is 0.545. The summed E-state index contributed by atoms with van der Waals surface area (Å²) >= 11 is 5.14. The molecule has 1 aromatic rings. The van der Waals surface area contributed by atoms with E-state index in [1.165, 1.54) is 12.7 Å².